The third-order valence-corrected chi connectivity index (χ3v) is 3.72. The van der Waals surface area contributed by atoms with Crippen LogP contribution in [0.5, 0.6) is 5.88 Å². The van der Waals surface area contributed by atoms with Gasteiger partial charge in [-0.05, 0) is 18.2 Å². The summed E-state index contributed by atoms with van der Waals surface area (Å²) < 4.78 is 10.8. The molecule has 134 valence electrons. The molecule has 0 aliphatic carbocycles. The number of hydrogen-bond acceptors (Lipinski definition) is 5. The van der Waals surface area contributed by atoms with Gasteiger partial charge in [-0.3, -0.25) is 4.99 Å². The van der Waals surface area contributed by atoms with Gasteiger partial charge in [-0.25, -0.2) is 9.97 Å². The van der Waals surface area contributed by atoms with Gasteiger partial charge in [0.2, 0.25) is 11.8 Å². The Bertz CT molecular complexity index is 861. The molecule has 0 saturated heterocycles. The van der Waals surface area contributed by atoms with Crippen LogP contribution in [-0.4, -0.2) is 30.1 Å². The third-order valence-electron chi connectivity index (χ3n) is 3.72. The van der Waals surface area contributed by atoms with Crippen LogP contribution in [0.25, 0.3) is 11.5 Å². The second-order valence-electron chi connectivity index (χ2n) is 5.46. The number of ether oxygens (including phenoxy) is 1. The van der Waals surface area contributed by atoms with E-state index in [1.807, 2.05) is 42.5 Å². The highest BCUT2D eigenvalue weighted by Crippen LogP contribution is 2.17. The highest BCUT2D eigenvalue weighted by Gasteiger charge is 2.08. The van der Waals surface area contributed by atoms with Crippen LogP contribution in [0.1, 0.15) is 11.3 Å². The van der Waals surface area contributed by atoms with Crippen molar-refractivity contribution in [1.29, 1.82) is 0 Å². The Morgan fingerprint density at radius 1 is 1.12 bits per heavy atom. The fourth-order valence-corrected chi connectivity index (χ4v) is 2.42. The topological polar surface area (TPSA) is 84.6 Å². The normalized spacial score (nSPS) is 11.2. The summed E-state index contributed by atoms with van der Waals surface area (Å²) in [6.45, 7) is 1.05. The molecule has 3 rings (SSSR count). The molecule has 0 amide bonds. The lowest BCUT2D eigenvalue weighted by Crippen LogP contribution is -2.36. The molecule has 0 saturated carbocycles. The van der Waals surface area contributed by atoms with Gasteiger partial charge in [0.25, 0.3) is 0 Å². The maximum atomic E-state index is 5.54. The van der Waals surface area contributed by atoms with Gasteiger partial charge in [0.15, 0.2) is 5.96 Å². The van der Waals surface area contributed by atoms with Gasteiger partial charge in [0.1, 0.15) is 6.26 Å². The van der Waals surface area contributed by atoms with E-state index in [4.69, 9.17) is 9.15 Å². The van der Waals surface area contributed by atoms with Crippen molar-refractivity contribution in [1.82, 2.24) is 20.6 Å². The standard InChI is InChI=1S/C19H21N5O2/c1-20-19(22-11-15-9-6-10-21-17(15)25-2)23-12-16-13-26-18(24-16)14-7-4-3-5-8-14/h3-10,13H,11-12H2,1-2H3,(H2,20,22,23). The number of nitrogens with zero attached hydrogens (tertiary/aromatic N) is 3. The number of guanidine groups is 1. The fraction of sp³-hybridized carbons (Fsp3) is 0.211. The third kappa shape index (κ3) is 4.38. The van der Waals surface area contributed by atoms with E-state index in [9.17, 15) is 0 Å². The van der Waals surface area contributed by atoms with Crippen LogP contribution < -0.4 is 15.4 Å². The molecule has 0 unspecified atom stereocenters. The van der Waals surface area contributed by atoms with Gasteiger partial charge < -0.3 is 19.8 Å². The molecule has 0 bridgehead atoms. The number of methoxy groups -OCH3 is 1. The number of aromatic nitrogens is 2. The number of pyridine rings is 1. The molecular weight excluding hydrogens is 330 g/mol. The van der Waals surface area contributed by atoms with E-state index in [0.717, 1.165) is 16.8 Å². The van der Waals surface area contributed by atoms with Crippen LogP contribution in [0.2, 0.25) is 0 Å². The summed E-state index contributed by atoms with van der Waals surface area (Å²) >= 11 is 0. The number of hydrogen-bond donors (Lipinski definition) is 2. The monoisotopic (exact) mass is 351 g/mol. The van der Waals surface area contributed by atoms with Crippen LogP contribution >= 0.6 is 0 Å². The molecule has 26 heavy (non-hydrogen) atoms. The largest absolute Gasteiger partial charge is 0.481 e. The van der Waals surface area contributed by atoms with Crippen molar-refractivity contribution >= 4 is 5.96 Å². The van der Waals surface area contributed by atoms with Crippen molar-refractivity contribution in [3.63, 3.8) is 0 Å². The Balaban J connectivity index is 1.55. The van der Waals surface area contributed by atoms with Gasteiger partial charge in [-0.1, -0.05) is 24.3 Å². The van der Waals surface area contributed by atoms with Crippen molar-refractivity contribution in [3.8, 4) is 17.3 Å². The van der Waals surface area contributed by atoms with Crippen molar-refractivity contribution < 1.29 is 9.15 Å². The Kier molecular flexibility index (Phi) is 5.82. The van der Waals surface area contributed by atoms with Crippen LogP contribution in [0, 0.1) is 0 Å². The van der Waals surface area contributed by atoms with E-state index in [1.54, 1.807) is 26.6 Å². The predicted octanol–water partition coefficient (Wildman–Crippen LogP) is 2.61. The molecular formula is C19H21N5O2. The zero-order valence-corrected chi connectivity index (χ0v) is 14.8. The van der Waals surface area contributed by atoms with Crippen LogP contribution in [0.4, 0.5) is 0 Å². The maximum absolute atomic E-state index is 5.54. The lowest BCUT2D eigenvalue weighted by Gasteiger charge is -2.12. The summed E-state index contributed by atoms with van der Waals surface area (Å²) in [6, 6.07) is 13.6. The summed E-state index contributed by atoms with van der Waals surface area (Å²) in [7, 11) is 3.32. The fourth-order valence-electron chi connectivity index (χ4n) is 2.42. The SMILES string of the molecule is CN=C(NCc1coc(-c2ccccc2)n1)NCc1cccnc1OC. The molecule has 0 radical (unpaired) electrons. The summed E-state index contributed by atoms with van der Waals surface area (Å²) in [5.41, 5.74) is 2.70. The smallest absolute Gasteiger partial charge is 0.226 e. The second kappa shape index (κ2) is 8.66. The number of aliphatic imine (C=N–C) groups is 1. The highest BCUT2D eigenvalue weighted by atomic mass is 16.5. The van der Waals surface area contributed by atoms with Gasteiger partial charge >= 0.3 is 0 Å². The van der Waals surface area contributed by atoms with Gasteiger partial charge in [-0.2, -0.15) is 0 Å². The maximum Gasteiger partial charge on any atom is 0.226 e. The minimum absolute atomic E-state index is 0.500. The first-order valence-electron chi connectivity index (χ1n) is 8.22. The van der Waals surface area contributed by atoms with E-state index >= 15 is 0 Å². The first-order chi connectivity index (χ1) is 12.8. The Morgan fingerprint density at radius 2 is 1.92 bits per heavy atom. The van der Waals surface area contributed by atoms with Gasteiger partial charge in [-0.15, -0.1) is 0 Å². The van der Waals surface area contributed by atoms with Crippen molar-refractivity contribution in [2.45, 2.75) is 13.1 Å². The van der Waals surface area contributed by atoms with Crippen molar-refractivity contribution in [2.75, 3.05) is 14.2 Å². The number of benzene rings is 1. The molecule has 0 aliphatic heterocycles. The molecule has 7 nitrogen and oxygen atoms in total. The highest BCUT2D eigenvalue weighted by molar-refractivity contribution is 5.79. The average molecular weight is 351 g/mol. The Labute approximate surface area is 152 Å². The summed E-state index contributed by atoms with van der Waals surface area (Å²) in [6.07, 6.45) is 3.34. The van der Waals surface area contributed by atoms with Gasteiger partial charge in [0.05, 0.1) is 19.3 Å². The van der Waals surface area contributed by atoms with Gasteiger partial charge in [0, 0.05) is 30.9 Å². The van der Waals surface area contributed by atoms with Crippen molar-refractivity contribution in [3.05, 3.63) is 66.2 Å². The summed E-state index contributed by atoms with van der Waals surface area (Å²) in [5.74, 6) is 1.85. The van der Waals surface area contributed by atoms with Crippen LogP contribution in [0.15, 0.2) is 64.3 Å². The first kappa shape index (κ1) is 17.5. The first-order valence-corrected chi connectivity index (χ1v) is 8.22. The quantitative estimate of drug-likeness (QED) is 0.525. The van der Waals surface area contributed by atoms with E-state index in [1.165, 1.54) is 0 Å². The van der Waals surface area contributed by atoms with E-state index in [0.29, 0.717) is 30.8 Å². The molecule has 2 aromatic heterocycles. The molecule has 2 N–H and O–H groups in total. The van der Waals surface area contributed by atoms with E-state index < -0.39 is 0 Å². The zero-order chi connectivity index (χ0) is 18.2. The van der Waals surface area contributed by atoms with E-state index in [2.05, 4.69) is 25.6 Å². The lowest BCUT2D eigenvalue weighted by atomic mass is 10.2. The average Bonchev–Trinajstić information content (AvgIpc) is 3.18. The van der Waals surface area contributed by atoms with E-state index in [-0.39, 0.29) is 0 Å². The molecule has 0 fully saturated rings. The number of rotatable bonds is 6. The molecule has 0 aliphatic rings. The second-order valence-corrected chi connectivity index (χ2v) is 5.46. The summed E-state index contributed by atoms with van der Waals surface area (Å²) in [4.78, 5) is 12.9. The summed E-state index contributed by atoms with van der Waals surface area (Å²) in [5, 5.41) is 6.44. The number of oxazole rings is 1. The van der Waals surface area contributed by atoms with Crippen LogP contribution in [-0.2, 0) is 13.1 Å². The van der Waals surface area contributed by atoms with Crippen LogP contribution in [0.3, 0.4) is 0 Å². The minimum atomic E-state index is 0.500. The molecule has 1 aromatic carbocycles. The predicted molar refractivity (Wildman–Crippen MR) is 99.8 cm³/mol. The molecule has 7 heteroatoms. The number of nitrogens with one attached hydrogen (secondary N) is 2. The molecule has 3 aromatic rings. The minimum Gasteiger partial charge on any atom is -0.481 e. The Morgan fingerprint density at radius 3 is 2.69 bits per heavy atom. The Hall–Kier alpha value is -3.35. The molecule has 0 atom stereocenters. The molecule has 0 spiro atoms. The van der Waals surface area contributed by atoms with Crippen molar-refractivity contribution in [2.24, 2.45) is 4.99 Å². The lowest BCUT2D eigenvalue weighted by molar-refractivity contribution is 0.392. The zero-order valence-electron chi connectivity index (χ0n) is 14.8. The molecule has 2 heterocycles.